The number of hydrogen-bond donors (Lipinski definition) is 0. The predicted octanol–water partition coefficient (Wildman–Crippen LogP) is 7.10. The van der Waals surface area contributed by atoms with E-state index in [0.717, 1.165) is 29.4 Å². The second kappa shape index (κ2) is 11.7. The van der Waals surface area contributed by atoms with Crippen LogP contribution in [0.3, 0.4) is 0 Å². The van der Waals surface area contributed by atoms with Crippen LogP contribution in [0.25, 0.3) is 16.6 Å². The van der Waals surface area contributed by atoms with Gasteiger partial charge in [0.2, 0.25) is 0 Å². The molecule has 3 aromatic carbocycles. The van der Waals surface area contributed by atoms with Crippen LogP contribution in [0.15, 0.2) is 82.1 Å². The van der Waals surface area contributed by atoms with Crippen LogP contribution in [0.5, 0.6) is 0 Å². The van der Waals surface area contributed by atoms with E-state index in [1.807, 2.05) is 84.6 Å². The summed E-state index contributed by atoms with van der Waals surface area (Å²) in [6, 6.07) is 22.6. The van der Waals surface area contributed by atoms with Gasteiger partial charge in [-0.2, -0.15) is 0 Å². The summed E-state index contributed by atoms with van der Waals surface area (Å²) in [6.45, 7) is 6.85. The highest BCUT2D eigenvalue weighted by atomic mass is 79.9. The van der Waals surface area contributed by atoms with Crippen molar-refractivity contribution in [3.05, 3.63) is 105 Å². The number of nitrogens with zero attached hydrogens (tertiary/aromatic N) is 3. The monoisotopic (exact) mass is 545 g/mol. The largest absolute Gasteiger partial charge is 0.328 e. The van der Waals surface area contributed by atoms with E-state index in [0.29, 0.717) is 35.3 Å². The van der Waals surface area contributed by atoms with Crippen molar-refractivity contribution < 1.29 is 4.79 Å². The zero-order valence-electron chi connectivity index (χ0n) is 21.1. The Bertz CT molecular complexity index is 1410. The Morgan fingerprint density at radius 2 is 1.75 bits per heavy atom. The lowest BCUT2D eigenvalue weighted by atomic mass is 10.1. The molecule has 1 heterocycles. The molecule has 0 spiro atoms. The van der Waals surface area contributed by atoms with E-state index in [2.05, 4.69) is 29.8 Å². The minimum atomic E-state index is -0.369. The van der Waals surface area contributed by atoms with Crippen molar-refractivity contribution >= 4 is 32.7 Å². The Balaban J connectivity index is 1.93. The fraction of sp³-hybridized carbons (Fsp3) is 0.300. The standard InChI is InChI=1S/C30H32BrN3O2/c1-4-7-19-33(29(35)22-11-10-12-23(31)20-22)27(6-3)28-32-26-14-9-8-13-25(26)30(36)34(28)24-17-15-21(5-2)16-18-24/h8-18,20,27H,4-7,19H2,1-3H3. The molecule has 4 rings (SSSR count). The molecule has 0 saturated carbocycles. The molecule has 6 heteroatoms. The van der Waals surface area contributed by atoms with Crippen molar-refractivity contribution in [1.29, 1.82) is 0 Å². The molecule has 5 nitrogen and oxygen atoms in total. The maximum Gasteiger partial charge on any atom is 0.266 e. The minimum Gasteiger partial charge on any atom is -0.328 e. The molecule has 1 amide bonds. The van der Waals surface area contributed by atoms with Gasteiger partial charge in [0.05, 0.1) is 22.6 Å². The van der Waals surface area contributed by atoms with E-state index in [1.165, 1.54) is 5.56 Å². The Kier molecular flexibility index (Phi) is 8.36. The van der Waals surface area contributed by atoms with Gasteiger partial charge < -0.3 is 4.90 Å². The summed E-state index contributed by atoms with van der Waals surface area (Å²) in [5.41, 5.74) is 3.09. The predicted molar refractivity (Wildman–Crippen MR) is 150 cm³/mol. The van der Waals surface area contributed by atoms with Crippen LogP contribution < -0.4 is 5.56 Å². The molecule has 4 aromatic rings. The number of carbonyl (C=O) groups is 1. The molecule has 0 aliphatic rings. The van der Waals surface area contributed by atoms with Gasteiger partial charge in [-0.3, -0.25) is 14.2 Å². The van der Waals surface area contributed by atoms with Gasteiger partial charge in [0.15, 0.2) is 0 Å². The second-order valence-corrected chi connectivity index (χ2v) is 9.85. The normalized spacial score (nSPS) is 12.0. The van der Waals surface area contributed by atoms with E-state index in [9.17, 15) is 9.59 Å². The highest BCUT2D eigenvalue weighted by Gasteiger charge is 2.29. The molecule has 36 heavy (non-hydrogen) atoms. The van der Waals surface area contributed by atoms with Gasteiger partial charge >= 0.3 is 0 Å². The van der Waals surface area contributed by atoms with Crippen molar-refractivity contribution in [2.24, 2.45) is 0 Å². The average molecular weight is 547 g/mol. The number of benzene rings is 3. The number of fused-ring (bicyclic) bond motifs is 1. The number of rotatable bonds is 9. The molecular formula is C30H32BrN3O2. The zero-order valence-corrected chi connectivity index (χ0v) is 22.7. The molecule has 1 atom stereocenters. The van der Waals surface area contributed by atoms with Gasteiger partial charge in [-0.1, -0.05) is 73.5 Å². The number of hydrogen-bond acceptors (Lipinski definition) is 3. The molecule has 1 unspecified atom stereocenters. The summed E-state index contributed by atoms with van der Waals surface area (Å²) >= 11 is 3.49. The van der Waals surface area contributed by atoms with Crippen molar-refractivity contribution in [3.63, 3.8) is 0 Å². The van der Waals surface area contributed by atoms with Crippen LogP contribution in [0.4, 0.5) is 0 Å². The van der Waals surface area contributed by atoms with Gasteiger partial charge in [0, 0.05) is 16.6 Å². The molecule has 0 bridgehead atoms. The first-order valence-electron chi connectivity index (χ1n) is 12.7. The first kappa shape index (κ1) is 25.8. The lowest BCUT2D eigenvalue weighted by Crippen LogP contribution is -2.39. The van der Waals surface area contributed by atoms with Gasteiger partial charge in [-0.15, -0.1) is 0 Å². The third kappa shape index (κ3) is 5.29. The number of amides is 1. The fourth-order valence-electron chi connectivity index (χ4n) is 4.56. The second-order valence-electron chi connectivity index (χ2n) is 8.93. The van der Waals surface area contributed by atoms with Crippen LogP contribution in [-0.4, -0.2) is 26.9 Å². The van der Waals surface area contributed by atoms with E-state index < -0.39 is 0 Å². The molecule has 1 aromatic heterocycles. The number of para-hydroxylation sites is 1. The van der Waals surface area contributed by atoms with Crippen molar-refractivity contribution in [2.75, 3.05) is 6.54 Å². The molecule has 0 fully saturated rings. The molecule has 0 saturated heterocycles. The first-order valence-corrected chi connectivity index (χ1v) is 13.4. The van der Waals surface area contributed by atoms with Crippen LogP contribution in [0.2, 0.25) is 0 Å². The summed E-state index contributed by atoms with van der Waals surface area (Å²) in [5.74, 6) is 0.525. The topological polar surface area (TPSA) is 55.2 Å². The third-order valence-corrected chi connectivity index (χ3v) is 7.04. The Morgan fingerprint density at radius 3 is 2.42 bits per heavy atom. The summed E-state index contributed by atoms with van der Waals surface area (Å²) in [5, 5.41) is 0.564. The molecule has 0 N–H and O–H groups in total. The van der Waals surface area contributed by atoms with Gasteiger partial charge in [0.1, 0.15) is 5.82 Å². The molecule has 186 valence electrons. The first-order chi connectivity index (χ1) is 17.5. The van der Waals surface area contributed by atoms with Gasteiger partial charge in [-0.05, 0) is 67.3 Å². The molecule has 0 aliphatic heterocycles. The van der Waals surface area contributed by atoms with Crippen LogP contribution in [-0.2, 0) is 6.42 Å². The maximum absolute atomic E-state index is 13.9. The van der Waals surface area contributed by atoms with Gasteiger partial charge in [0.25, 0.3) is 11.5 Å². The molecule has 0 radical (unpaired) electrons. The van der Waals surface area contributed by atoms with Crippen LogP contribution in [0, 0.1) is 0 Å². The van der Waals surface area contributed by atoms with E-state index >= 15 is 0 Å². The number of unbranched alkanes of at least 4 members (excludes halogenated alkanes) is 1. The van der Waals surface area contributed by atoms with Gasteiger partial charge in [-0.25, -0.2) is 4.98 Å². The average Bonchev–Trinajstić information content (AvgIpc) is 2.91. The summed E-state index contributed by atoms with van der Waals surface area (Å²) in [7, 11) is 0. The Hall–Kier alpha value is -3.25. The third-order valence-electron chi connectivity index (χ3n) is 6.55. The minimum absolute atomic E-state index is 0.0631. The van der Waals surface area contributed by atoms with E-state index in [-0.39, 0.29) is 17.5 Å². The number of carbonyl (C=O) groups excluding carboxylic acids is 1. The lowest BCUT2D eigenvalue weighted by molar-refractivity contribution is 0.0656. The maximum atomic E-state index is 13.9. The van der Waals surface area contributed by atoms with Crippen molar-refractivity contribution in [2.45, 2.75) is 52.5 Å². The number of halogens is 1. The lowest BCUT2D eigenvalue weighted by Gasteiger charge is -2.32. The molecular weight excluding hydrogens is 514 g/mol. The quantitative estimate of drug-likeness (QED) is 0.225. The fourth-order valence-corrected chi connectivity index (χ4v) is 4.96. The number of aromatic nitrogens is 2. The van der Waals surface area contributed by atoms with E-state index in [4.69, 9.17) is 4.98 Å². The summed E-state index contributed by atoms with van der Waals surface area (Å²) in [6.07, 6.45) is 3.36. The SMILES string of the molecule is CCCCN(C(=O)c1cccc(Br)c1)C(CC)c1nc2ccccc2c(=O)n1-c1ccc(CC)cc1. The highest BCUT2D eigenvalue weighted by Crippen LogP contribution is 2.28. The van der Waals surface area contributed by atoms with Crippen LogP contribution >= 0.6 is 15.9 Å². The zero-order chi connectivity index (χ0) is 25.7. The Morgan fingerprint density at radius 1 is 1.00 bits per heavy atom. The van der Waals surface area contributed by atoms with E-state index in [1.54, 1.807) is 4.57 Å². The summed E-state index contributed by atoms with van der Waals surface area (Å²) in [4.78, 5) is 34.6. The Labute approximate surface area is 220 Å². The van der Waals surface area contributed by atoms with Crippen molar-refractivity contribution in [1.82, 2.24) is 14.5 Å². The van der Waals surface area contributed by atoms with Crippen LogP contribution in [0.1, 0.15) is 67.8 Å². The highest BCUT2D eigenvalue weighted by molar-refractivity contribution is 9.10. The summed E-state index contributed by atoms with van der Waals surface area (Å²) < 4.78 is 2.55. The van der Waals surface area contributed by atoms with Crippen molar-refractivity contribution in [3.8, 4) is 5.69 Å². The smallest absolute Gasteiger partial charge is 0.266 e. The number of aryl methyl sites for hydroxylation is 1. The molecule has 0 aliphatic carbocycles.